The van der Waals surface area contributed by atoms with Crippen molar-refractivity contribution in [1.29, 1.82) is 0 Å². The second kappa shape index (κ2) is 11.0. The minimum atomic E-state index is -1.05. The number of amides is 1. The van der Waals surface area contributed by atoms with Crippen molar-refractivity contribution in [3.8, 4) is 17.2 Å². The molecule has 0 unspecified atom stereocenters. The van der Waals surface area contributed by atoms with Gasteiger partial charge in [-0.15, -0.1) is 0 Å². The van der Waals surface area contributed by atoms with Gasteiger partial charge in [0.1, 0.15) is 29.8 Å². The lowest BCUT2D eigenvalue weighted by Gasteiger charge is -2.29. The van der Waals surface area contributed by atoms with E-state index >= 15 is 0 Å². The Morgan fingerprint density at radius 2 is 1.88 bits per heavy atom. The number of pyridine rings is 1. The first-order valence-electron chi connectivity index (χ1n) is 9.89. The monoisotopic (exact) mass is 468 g/mol. The third-order valence-electron chi connectivity index (χ3n) is 4.55. The summed E-state index contributed by atoms with van der Waals surface area (Å²) in [5.41, 5.74) is -0.288. The van der Waals surface area contributed by atoms with Gasteiger partial charge in [0.05, 0.1) is 7.11 Å². The quantitative estimate of drug-likeness (QED) is 0.540. The second-order valence-corrected chi connectivity index (χ2v) is 7.92. The largest absolute Gasteiger partial charge is 0.503 e. The average Bonchev–Trinajstić information content (AvgIpc) is 2.70. The fraction of sp³-hybridized carbons (Fsp3) is 0.409. The molecule has 2 aromatic rings. The second-order valence-electron chi connectivity index (χ2n) is 7.48. The van der Waals surface area contributed by atoms with Crippen molar-refractivity contribution in [3.05, 3.63) is 47.0 Å². The smallest absolute Gasteiger partial charge is 0.328 e. The Bertz CT molecular complexity index is 951. The van der Waals surface area contributed by atoms with Crippen LogP contribution >= 0.6 is 11.6 Å². The number of aromatic hydroxyl groups is 1. The van der Waals surface area contributed by atoms with E-state index in [1.54, 1.807) is 6.92 Å². The standard InChI is InChI=1S/C22H26ClFN2O6/c1-11(2)20(13(4)31-16-9-14(23)8-15(24)10-16)32-22(29)12(3)26-21(28)18-19(27)17(30-5)6-7-25-18/h6-13,20,27H,1-5H3,(H,26,28)/t12-,13-,20+/m0/s1. The lowest BCUT2D eigenvalue weighted by molar-refractivity contribution is -0.158. The van der Waals surface area contributed by atoms with Gasteiger partial charge < -0.3 is 24.6 Å². The van der Waals surface area contributed by atoms with Gasteiger partial charge >= 0.3 is 5.97 Å². The van der Waals surface area contributed by atoms with E-state index in [4.69, 9.17) is 25.8 Å². The van der Waals surface area contributed by atoms with Crippen LogP contribution in [0.4, 0.5) is 4.39 Å². The van der Waals surface area contributed by atoms with Gasteiger partial charge in [0.25, 0.3) is 5.91 Å². The summed E-state index contributed by atoms with van der Waals surface area (Å²) >= 11 is 5.85. The molecule has 1 heterocycles. The molecule has 32 heavy (non-hydrogen) atoms. The molecule has 0 fully saturated rings. The van der Waals surface area contributed by atoms with Crippen LogP contribution in [0.3, 0.4) is 0 Å². The summed E-state index contributed by atoms with van der Waals surface area (Å²) in [4.78, 5) is 28.9. The van der Waals surface area contributed by atoms with Crippen molar-refractivity contribution in [1.82, 2.24) is 10.3 Å². The van der Waals surface area contributed by atoms with Crippen LogP contribution in [0.2, 0.25) is 5.02 Å². The average molecular weight is 469 g/mol. The Labute approximate surface area is 190 Å². The normalized spacial score (nSPS) is 13.8. The van der Waals surface area contributed by atoms with Gasteiger partial charge in [-0.05, 0) is 31.9 Å². The molecule has 3 atom stereocenters. The summed E-state index contributed by atoms with van der Waals surface area (Å²) in [6.07, 6.45) is -0.0424. The van der Waals surface area contributed by atoms with Gasteiger partial charge in [-0.1, -0.05) is 25.4 Å². The highest BCUT2D eigenvalue weighted by Crippen LogP contribution is 2.27. The molecular formula is C22H26ClFN2O6. The number of carbonyl (C=O) groups is 2. The first-order valence-corrected chi connectivity index (χ1v) is 10.3. The van der Waals surface area contributed by atoms with E-state index in [0.717, 1.165) is 6.07 Å². The first kappa shape index (κ1) is 25.2. The van der Waals surface area contributed by atoms with Gasteiger partial charge in [-0.3, -0.25) is 4.79 Å². The van der Waals surface area contributed by atoms with E-state index in [9.17, 15) is 19.1 Å². The third kappa shape index (κ3) is 6.46. The Morgan fingerprint density at radius 3 is 2.47 bits per heavy atom. The number of halogens is 2. The van der Waals surface area contributed by atoms with Gasteiger partial charge in [-0.25, -0.2) is 14.2 Å². The van der Waals surface area contributed by atoms with E-state index in [1.807, 2.05) is 13.8 Å². The number of benzene rings is 1. The van der Waals surface area contributed by atoms with Gasteiger partial charge in [-0.2, -0.15) is 0 Å². The van der Waals surface area contributed by atoms with Crippen molar-refractivity contribution in [2.75, 3.05) is 7.11 Å². The van der Waals surface area contributed by atoms with Crippen LogP contribution in [0.15, 0.2) is 30.5 Å². The molecule has 0 saturated carbocycles. The summed E-state index contributed by atoms with van der Waals surface area (Å²) in [6, 6.07) is 4.13. The first-order chi connectivity index (χ1) is 15.0. The number of ether oxygens (including phenoxy) is 3. The number of rotatable bonds is 9. The maximum atomic E-state index is 13.6. The van der Waals surface area contributed by atoms with Crippen molar-refractivity contribution >= 4 is 23.5 Å². The number of hydrogen-bond acceptors (Lipinski definition) is 7. The van der Waals surface area contributed by atoms with Crippen LogP contribution in [0.5, 0.6) is 17.2 Å². The highest BCUT2D eigenvalue weighted by molar-refractivity contribution is 6.30. The highest BCUT2D eigenvalue weighted by Gasteiger charge is 2.30. The number of carbonyl (C=O) groups excluding carboxylic acids is 2. The molecule has 0 saturated heterocycles. The molecule has 2 rings (SSSR count). The Kier molecular flexibility index (Phi) is 8.65. The Morgan fingerprint density at radius 1 is 1.19 bits per heavy atom. The van der Waals surface area contributed by atoms with E-state index in [-0.39, 0.29) is 28.1 Å². The maximum Gasteiger partial charge on any atom is 0.328 e. The minimum absolute atomic E-state index is 0.0728. The van der Waals surface area contributed by atoms with Crippen LogP contribution in [-0.2, 0) is 9.53 Å². The van der Waals surface area contributed by atoms with Crippen molar-refractivity contribution in [2.45, 2.75) is 45.9 Å². The summed E-state index contributed by atoms with van der Waals surface area (Å²) < 4.78 is 29.8. The van der Waals surface area contributed by atoms with Gasteiger partial charge in [0.2, 0.25) is 0 Å². The predicted molar refractivity (Wildman–Crippen MR) is 116 cm³/mol. The summed E-state index contributed by atoms with van der Waals surface area (Å²) in [5.74, 6) is -2.36. The summed E-state index contributed by atoms with van der Waals surface area (Å²) in [6.45, 7) is 6.78. The van der Waals surface area contributed by atoms with Crippen molar-refractivity contribution < 1.29 is 33.3 Å². The molecule has 2 N–H and O–H groups in total. The third-order valence-corrected chi connectivity index (χ3v) is 4.77. The molecule has 8 nitrogen and oxygen atoms in total. The van der Waals surface area contributed by atoms with Crippen molar-refractivity contribution in [3.63, 3.8) is 0 Å². The molecule has 174 valence electrons. The molecule has 0 radical (unpaired) electrons. The number of nitrogens with one attached hydrogen (secondary N) is 1. The van der Waals surface area contributed by atoms with Crippen LogP contribution < -0.4 is 14.8 Å². The Hall–Kier alpha value is -3.07. The van der Waals surface area contributed by atoms with E-state index < -0.39 is 41.7 Å². The van der Waals surface area contributed by atoms with E-state index in [2.05, 4.69) is 10.3 Å². The number of hydrogen-bond donors (Lipinski definition) is 2. The zero-order valence-corrected chi connectivity index (χ0v) is 19.1. The fourth-order valence-corrected chi connectivity index (χ4v) is 3.19. The summed E-state index contributed by atoms with van der Waals surface area (Å²) in [7, 11) is 1.34. The van der Waals surface area contributed by atoms with Crippen LogP contribution in [0, 0.1) is 11.7 Å². The molecule has 1 aromatic carbocycles. The van der Waals surface area contributed by atoms with Crippen molar-refractivity contribution in [2.24, 2.45) is 5.92 Å². The number of aromatic nitrogens is 1. The number of esters is 1. The lowest BCUT2D eigenvalue weighted by atomic mass is 10.0. The summed E-state index contributed by atoms with van der Waals surface area (Å²) in [5, 5.41) is 12.7. The molecule has 0 spiro atoms. The lowest BCUT2D eigenvalue weighted by Crippen LogP contribution is -2.45. The number of methoxy groups -OCH3 is 1. The zero-order chi connectivity index (χ0) is 24.0. The van der Waals surface area contributed by atoms with Crippen LogP contribution in [0.25, 0.3) is 0 Å². The van der Waals surface area contributed by atoms with Crippen LogP contribution in [0.1, 0.15) is 38.2 Å². The minimum Gasteiger partial charge on any atom is -0.503 e. The molecule has 0 aliphatic rings. The zero-order valence-electron chi connectivity index (χ0n) is 18.4. The molecule has 0 aliphatic carbocycles. The Balaban J connectivity index is 2.06. The fourth-order valence-electron chi connectivity index (χ4n) is 2.98. The molecule has 0 aliphatic heterocycles. The SMILES string of the molecule is COc1ccnc(C(=O)N[C@@H](C)C(=O)O[C@H](C(C)C)[C@H](C)Oc2cc(F)cc(Cl)c2)c1O. The number of nitrogens with zero attached hydrogens (tertiary/aromatic N) is 1. The highest BCUT2D eigenvalue weighted by atomic mass is 35.5. The topological polar surface area (TPSA) is 107 Å². The van der Waals surface area contributed by atoms with Crippen LogP contribution in [-0.4, -0.2) is 47.3 Å². The molecule has 10 heteroatoms. The van der Waals surface area contributed by atoms with Gasteiger partial charge in [0, 0.05) is 23.4 Å². The molecule has 1 amide bonds. The molecular weight excluding hydrogens is 443 g/mol. The van der Waals surface area contributed by atoms with E-state index in [1.165, 1.54) is 38.4 Å². The van der Waals surface area contributed by atoms with Gasteiger partial charge in [0.15, 0.2) is 17.2 Å². The molecule has 1 aromatic heterocycles. The predicted octanol–water partition coefficient (Wildman–Crippen LogP) is 3.74. The molecule has 0 bridgehead atoms. The maximum absolute atomic E-state index is 13.6. The van der Waals surface area contributed by atoms with E-state index in [0.29, 0.717) is 0 Å².